The number of hydrogen-bond donors (Lipinski definition) is 1. The molecule has 0 radical (unpaired) electrons. The largest absolute Gasteiger partial charge is 0.336 e. The molecule has 2 rings (SSSR count). The maximum Gasteiger partial charge on any atom is 0.0946 e. The minimum Gasteiger partial charge on any atom is -0.336 e. The van der Waals surface area contributed by atoms with E-state index in [0.717, 1.165) is 6.54 Å². The number of nitrogens with zero attached hydrogens (tertiary/aromatic N) is 2. The van der Waals surface area contributed by atoms with Crippen LogP contribution < -0.4 is 5.32 Å². The Morgan fingerprint density at radius 3 is 2.45 bits per heavy atom. The Labute approximate surface area is 122 Å². The van der Waals surface area contributed by atoms with Crippen LogP contribution in [-0.4, -0.2) is 15.6 Å². The smallest absolute Gasteiger partial charge is 0.0946 e. The number of aromatic nitrogens is 2. The van der Waals surface area contributed by atoms with Gasteiger partial charge in [-0.2, -0.15) is 0 Å². The molecule has 20 heavy (non-hydrogen) atoms. The molecular weight excluding hydrogens is 246 g/mol. The van der Waals surface area contributed by atoms with Gasteiger partial charge in [0.1, 0.15) is 0 Å². The summed E-state index contributed by atoms with van der Waals surface area (Å²) >= 11 is 0. The molecule has 2 aromatic rings. The van der Waals surface area contributed by atoms with Crippen LogP contribution in [0.3, 0.4) is 0 Å². The van der Waals surface area contributed by atoms with Crippen LogP contribution in [0.1, 0.15) is 39.3 Å². The lowest BCUT2D eigenvalue weighted by molar-refractivity contribution is 0.225. The van der Waals surface area contributed by atoms with Crippen LogP contribution in [0.2, 0.25) is 0 Å². The summed E-state index contributed by atoms with van der Waals surface area (Å²) in [7, 11) is 0. The molecule has 3 heteroatoms. The fraction of sp³-hybridized carbons (Fsp3) is 0.471. The van der Waals surface area contributed by atoms with E-state index in [1.54, 1.807) is 0 Å². The van der Waals surface area contributed by atoms with E-state index < -0.39 is 0 Å². The molecule has 2 unspecified atom stereocenters. The first kappa shape index (κ1) is 14.8. The lowest BCUT2D eigenvalue weighted by atomic mass is 9.85. The molecule has 1 aromatic carbocycles. The normalized spacial score (nSPS) is 15.0. The Morgan fingerprint density at radius 2 is 1.90 bits per heavy atom. The van der Waals surface area contributed by atoms with Gasteiger partial charge in [-0.05, 0) is 17.9 Å². The molecule has 0 aliphatic carbocycles. The summed E-state index contributed by atoms with van der Waals surface area (Å²) in [5, 5.41) is 3.76. The molecule has 1 heterocycles. The second kappa shape index (κ2) is 6.23. The summed E-state index contributed by atoms with van der Waals surface area (Å²) in [5.41, 5.74) is 1.51. The first-order valence-electron chi connectivity index (χ1n) is 7.23. The highest BCUT2D eigenvalue weighted by Gasteiger charge is 2.26. The summed E-state index contributed by atoms with van der Waals surface area (Å²) in [5.74, 6) is 0. The number of benzene rings is 1. The maximum absolute atomic E-state index is 4.13. The van der Waals surface area contributed by atoms with Gasteiger partial charge in [-0.1, -0.05) is 51.1 Å². The average Bonchev–Trinajstić information content (AvgIpc) is 2.91. The molecule has 0 fully saturated rings. The predicted octanol–water partition coefficient (Wildman–Crippen LogP) is 3.65. The standard InChI is InChI=1S/C17H25N3/c1-14(15-8-6-5-7-9-15)19-16(17(2,3)4)12-20-11-10-18-13-20/h5-11,13-14,16,19H,12H2,1-4H3. The van der Waals surface area contributed by atoms with Crippen molar-refractivity contribution in [3.05, 3.63) is 54.6 Å². The zero-order valence-corrected chi connectivity index (χ0v) is 12.9. The highest BCUT2D eigenvalue weighted by atomic mass is 15.1. The van der Waals surface area contributed by atoms with E-state index in [1.807, 2.05) is 18.7 Å². The van der Waals surface area contributed by atoms with Crippen molar-refractivity contribution in [2.45, 2.75) is 46.3 Å². The Balaban J connectivity index is 2.08. The Bertz CT molecular complexity index is 497. The number of hydrogen-bond acceptors (Lipinski definition) is 2. The fourth-order valence-corrected chi connectivity index (χ4v) is 2.32. The van der Waals surface area contributed by atoms with Crippen LogP contribution in [0, 0.1) is 5.41 Å². The highest BCUT2D eigenvalue weighted by molar-refractivity contribution is 5.18. The predicted molar refractivity (Wildman–Crippen MR) is 83.5 cm³/mol. The van der Waals surface area contributed by atoms with Crippen molar-refractivity contribution in [2.24, 2.45) is 5.41 Å². The lowest BCUT2D eigenvalue weighted by Gasteiger charge is -2.34. The average molecular weight is 271 g/mol. The van der Waals surface area contributed by atoms with E-state index in [9.17, 15) is 0 Å². The molecule has 0 amide bonds. The first-order chi connectivity index (χ1) is 9.47. The van der Waals surface area contributed by atoms with Crippen molar-refractivity contribution < 1.29 is 0 Å². The van der Waals surface area contributed by atoms with Crippen LogP contribution in [0.15, 0.2) is 49.1 Å². The zero-order chi connectivity index (χ0) is 14.6. The van der Waals surface area contributed by atoms with E-state index >= 15 is 0 Å². The van der Waals surface area contributed by atoms with Crippen molar-refractivity contribution in [2.75, 3.05) is 0 Å². The molecule has 0 saturated heterocycles. The molecule has 0 spiro atoms. The van der Waals surface area contributed by atoms with Gasteiger partial charge >= 0.3 is 0 Å². The van der Waals surface area contributed by atoms with Crippen molar-refractivity contribution in [1.82, 2.24) is 14.9 Å². The SMILES string of the molecule is CC(NC(Cn1ccnc1)C(C)(C)C)c1ccccc1. The monoisotopic (exact) mass is 271 g/mol. The second-order valence-electron chi connectivity index (χ2n) is 6.48. The Kier molecular flexibility index (Phi) is 4.61. The van der Waals surface area contributed by atoms with Gasteiger partial charge in [0.2, 0.25) is 0 Å². The number of nitrogens with one attached hydrogen (secondary N) is 1. The van der Waals surface area contributed by atoms with Gasteiger partial charge in [-0.25, -0.2) is 4.98 Å². The summed E-state index contributed by atoms with van der Waals surface area (Å²) in [6, 6.07) is 11.3. The molecule has 1 N–H and O–H groups in total. The van der Waals surface area contributed by atoms with E-state index in [2.05, 4.69) is 72.9 Å². The van der Waals surface area contributed by atoms with Crippen LogP contribution in [-0.2, 0) is 6.54 Å². The van der Waals surface area contributed by atoms with E-state index in [4.69, 9.17) is 0 Å². The van der Waals surface area contributed by atoms with Gasteiger partial charge in [-0.15, -0.1) is 0 Å². The van der Waals surface area contributed by atoms with Crippen molar-refractivity contribution >= 4 is 0 Å². The third kappa shape index (κ3) is 3.94. The third-order valence-corrected chi connectivity index (χ3v) is 3.75. The van der Waals surface area contributed by atoms with Gasteiger partial charge in [0.05, 0.1) is 6.33 Å². The molecule has 108 valence electrons. The Hall–Kier alpha value is -1.61. The summed E-state index contributed by atoms with van der Waals surface area (Å²) in [6.07, 6.45) is 5.74. The molecule has 0 bridgehead atoms. The van der Waals surface area contributed by atoms with Crippen molar-refractivity contribution in [1.29, 1.82) is 0 Å². The van der Waals surface area contributed by atoms with Gasteiger partial charge in [-0.3, -0.25) is 0 Å². The number of imidazole rings is 1. The first-order valence-corrected chi connectivity index (χ1v) is 7.23. The van der Waals surface area contributed by atoms with Crippen LogP contribution in [0.25, 0.3) is 0 Å². The fourth-order valence-electron chi connectivity index (χ4n) is 2.32. The third-order valence-electron chi connectivity index (χ3n) is 3.75. The van der Waals surface area contributed by atoms with E-state index in [0.29, 0.717) is 12.1 Å². The Morgan fingerprint density at radius 1 is 1.20 bits per heavy atom. The lowest BCUT2D eigenvalue weighted by Crippen LogP contribution is -2.44. The van der Waals surface area contributed by atoms with E-state index in [-0.39, 0.29) is 5.41 Å². The van der Waals surface area contributed by atoms with Crippen LogP contribution in [0.4, 0.5) is 0 Å². The molecule has 0 aliphatic heterocycles. The summed E-state index contributed by atoms with van der Waals surface area (Å²) in [4.78, 5) is 4.13. The summed E-state index contributed by atoms with van der Waals surface area (Å²) < 4.78 is 2.14. The van der Waals surface area contributed by atoms with Crippen LogP contribution in [0.5, 0.6) is 0 Å². The van der Waals surface area contributed by atoms with Gasteiger partial charge < -0.3 is 9.88 Å². The van der Waals surface area contributed by atoms with Gasteiger partial charge in [0.25, 0.3) is 0 Å². The minimum absolute atomic E-state index is 0.188. The molecular formula is C17H25N3. The highest BCUT2D eigenvalue weighted by Crippen LogP contribution is 2.24. The van der Waals surface area contributed by atoms with E-state index in [1.165, 1.54) is 5.56 Å². The summed E-state index contributed by atoms with van der Waals surface area (Å²) in [6.45, 7) is 9.99. The van der Waals surface area contributed by atoms with Crippen LogP contribution >= 0.6 is 0 Å². The number of rotatable bonds is 5. The molecule has 0 aliphatic rings. The maximum atomic E-state index is 4.13. The molecule has 0 saturated carbocycles. The van der Waals surface area contributed by atoms with Gasteiger partial charge in [0.15, 0.2) is 0 Å². The molecule has 2 atom stereocenters. The zero-order valence-electron chi connectivity index (χ0n) is 12.9. The topological polar surface area (TPSA) is 29.9 Å². The van der Waals surface area contributed by atoms with Gasteiger partial charge in [0, 0.05) is 31.0 Å². The minimum atomic E-state index is 0.188. The molecule has 1 aromatic heterocycles. The quantitative estimate of drug-likeness (QED) is 0.899. The van der Waals surface area contributed by atoms with Crippen molar-refractivity contribution in [3.8, 4) is 0 Å². The molecule has 3 nitrogen and oxygen atoms in total. The van der Waals surface area contributed by atoms with Crippen molar-refractivity contribution in [3.63, 3.8) is 0 Å². The second-order valence-corrected chi connectivity index (χ2v) is 6.48.